The van der Waals surface area contributed by atoms with Gasteiger partial charge in [-0.15, -0.1) is 0 Å². The summed E-state index contributed by atoms with van der Waals surface area (Å²) >= 11 is 3.36. The van der Waals surface area contributed by atoms with E-state index in [1.54, 1.807) is 12.1 Å². The Hall–Kier alpha value is -2.40. The Bertz CT molecular complexity index is 914. The Morgan fingerprint density at radius 3 is 2.57 bits per heavy atom. The summed E-state index contributed by atoms with van der Waals surface area (Å²) in [5.41, 5.74) is 2.48. The maximum absolute atomic E-state index is 12.8. The first-order valence-electron chi connectivity index (χ1n) is 7.33. The van der Waals surface area contributed by atoms with Crippen LogP contribution in [0, 0.1) is 0 Å². The van der Waals surface area contributed by atoms with Crippen LogP contribution in [-0.2, 0) is 9.59 Å². The smallest absolute Gasteiger partial charge is 0.241 e. The number of nitrogens with zero attached hydrogens (tertiary/aromatic N) is 1. The minimum Gasteiger partial charge on any atom is -0.361 e. The normalized spacial score (nSPS) is 18.1. The number of para-hydroxylation sites is 1. The lowest BCUT2D eigenvalue weighted by atomic mass is 9.97. The van der Waals surface area contributed by atoms with Gasteiger partial charge in [-0.3, -0.25) is 14.5 Å². The van der Waals surface area contributed by atoms with Crippen molar-refractivity contribution in [2.75, 3.05) is 4.90 Å². The van der Waals surface area contributed by atoms with Gasteiger partial charge in [0.05, 0.1) is 11.6 Å². The lowest BCUT2D eigenvalue weighted by Crippen LogP contribution is -2.29. The van der Waals surface area contributed by atoms with Crippen molar-refractivity contribution in [3.05, 3.63) is 64.8 Å². The second-order valence-electron chi connectivity index (χ2n) is 5.59. The van der Waals surface area contributed by atoms with Gasteiger partial charge in [0.2, 0.25) is 11.8 Å². The lowest BCUT2D eigenvalue weighted by Gasteiger charge is -2.15. The molecular weight excluding hydrogens is 356 g/mol. The molecule has 0 saturated carbocycles. The predicted molar refractivity (Wildman–Crippen MR) is 92.3 cm³/mol. The number of carbonyl (C=O) groups excluding carboxylic acids is 2. The first kappa shape index (κ1) is 14.2. The standard InChI is InChI=1S/C18H13BrN2O2/c19-11-5-7-12(8-6-11)21-17(22)9-14(18(21)23)15-10-20-16-4-2-1-3-13(15)16/h1-8,10,14,20H,9H2/t14-/m0/s1. The second kappa shape index (κ2) is 5.35. The molecule has 5 heteroatoms. The number of aromatic nitrogens is 1. The van der Waals surface area contributed by atoms with Crippen LogP contribution in [0.2, 0.25) is 0 Å². The Morgan fingerprint density at radius 1 is 1.04 bits per heavy atom. The van der Waals surface area contributed by atoms with Gasteiger partial charge in [0.15, 0.2) is 0 Å². The quantitative estimate of drug-likeness (QED) is 0.695. The number of anilines is 1. The second-order valence-corrected chi connectivity index (χ2v) is 6.51. The van der Waals surface area contributed by atoms with Gasteiger partial charge in [-0.2, -0.15) is 0 Å². The van der Waals surface area contributed by atoms with Crippen LogP contribution in [0.25, 0.3) is 10.9 Å². The fourth-order valence-corrected chi connectivity index (χ4v) is 3.38. The Morgan fingerprint density at radius 2 is 1.78 bits per heavy atom. The van der Waals surface area contributed by atoms with Gasteiger partial charge in [-0.05, 0) is 35.9 Å². The molecule has 0 unspecified atom stereocenters. The molecule has 0 spiro atoms. The number of nitrogens with one attached hydrogen (secondary N) is 1. The number of imide groups is 1. The van der Waals surface area contributed by atoms with Crippen molar-refractivity contribution in [1.82, 2.24) is 4.98 Å². The molecule has 2 aromatic carbocycles. The van der Waals surface area contributed by atoms with Crippen LogP contribution in [0.15, 0.2) is 59.2 Å². The summed E-state index contributed by atoms with van der Waals surface area (Å²) in [5.74, 6) is -0.753. The Balaban J connectivity index is 1.74. The monoisotopic (exact) mass is 368 g/mol. The van der Waals surface area contributed by atoms with Gasteiger partial charge < -0.3 is 4.98 Å². The van der Waals surface area contributed by atoms with E-state index in [9.17, 15) is 9.59 Å². The summed E-state index contributed by atoms with van der Waals surface area (Å²) in [7, 11) is 0. The highest BCUT2D eigenvalue weighted by Gasteiger charge is 2.41. The fourth-order valence-electron chi connectivity index (χ4n) is 3.12. The van der Waals surface area contributed by atoms with Crippen LogP contribution in [0.3, 0.4) is 0 Å². The Labute approximate surface area is 141 Å². The van der Waals surface area contributed by atoms with E-state index in [2.05, 4.69) is 20.9 Å². The molecule has 1 aromatic heterocycles. The number of aromatic amines is 1. The van der Waals surface area contributed by atoms with Crippen LogP contribution < -0.4 is 4.90 Å². The largest absolute Gasteiger partial charge is 0.361 e. The van der Waals surface area contributed by atoms with E-state index >= 15 is 0 Å². The molecule has 1 atom stereocenters. The Kier molecular flexibility index (Phi) is 3.31. The zero-order chi connectivity index (χ0) is 16.0. The number of benzene rings is 2. The van der Waals surface area contributed by atoms with Crippen molar-refractivity contribution in [2.24, 2.45) is 0 Å². The van der Waals surface area contributed by atoms with Gasteiger partial charge in [-0.1, -0.05) is 34.1 Å². The fraction of sp³-hybridized carbons (Fsp3) is 0.111. The van der Waals surface area contributed by atoms with Crippen LogP contribution in [0.5, 0.6) is 0 Å². The molecule has 1 fully saturated rings. The van der Waals surface area contributed by atoms with Crippen LogP contribution in [0.1, 0.15) is 17.9 Å². The summed E-state index contributed by atoms with van der Waals surface area (Å²) in [6.07, 6.45) is 2.04. The minimum atomic E-state index is -0.428. The number of amides is 2. The predicted octanol–water partition coefficient (Wildman–Crippen LogP) is 3.98. The van der Waals surface area contributed by atoms with E-state index in [4.69, 9.17) is 0 Å². The van der Waals surface area contributed by atoms with Crippen LogP contribution >= 0.6 is 15.9 Å². The summed E-state index contributed by atoms with van der Waals surface area (Å²) in [6, 6.07) is 15.0. The molecule has 1 N–H and O–H groups in total. The molecule has 2 heterocycles. The van der Waals surface area contributed by atoms with E-state index in [0.29, 0.717) is 5.69 Å². The zero-order valence-electron chi connectivity index (χ0n) is 12.1. The molecule has 0 bridgehead atoms. The maximum atomic E-state index is 12.8. The third-order valence-corrected chi connectivity index (χ3v) is 4.76. The van der Waals surface area contributed by atoms with Gasteiger partial charge in [0, 0.05) is 28.0 Å². The van der Waals surface area contributed by atoms with Crippen molar-refractivity contribution >= 4 is 44.3 Å². The zero-order valence-corrected chi connectivity index (χ0v) is 13.7. The molecule has 114 valence electrons. The topological polar surface area (TPSA) is 53.2 Å². The van der Waals surface area contributed by atoms with Gasteiger partial charge in [-0.25, -0.2) is 0 Å². The molecule has 1 aliphatic heterocycles. The third-order valence-electron chi connectivity index (χ3n) is 4.23. The highest BCUT2D eigenvalue weighted by atomic mass is 79.9. The summed E-state index contributed by atoms with van der Waals surface area (Å²) in [5, 5.41) is 0.997. The minimum absolute atomic E-state index is 0.160. The third kappa shape index (κ3) is 2.28. The number of carbonyl (C=O) groups is 2. The lowest BCUT2D eigenvalue weighted by molar-refractivity contribution is -0.121. The molecule has 1 saturated heterocycles. The summed E-state index contributed by atoms with van der Waals surface area (Å²) in [6.45, 7) is 0. The van der Waals surface area contributed by atoms with Gasteiger partial charge in [0.25, 0.3) is 0 Å². The number of halogens is 1. The molecular formula is C18H13BrN2O2. The maximum Gasteiger partial charge on any atom is 0.241 e. The van der Waals surface area contributed by atoms with E-state index in [1.807, 2.05) is 42.6 Å². The average Bonchev–Trinajstić information content (AvgIpc) is 3.10. The van der Waals surface area contributed by atoms with Crippen LogP contribution in [0.4, 0.5) is 5.69 Å². The highest BCUT2D eigenvalue weighted by Crippen LogP contribution is 2.36. The highest BCUT2D eigenvalue weighted by molar-refractivity contribution is 9.10. The molecule has 0 radical (unpaired) electrons. The molecule has 1 aliphatic rings. The van der Waals surface area contributed by atoms with E-state index in [1.165, 1.54) is 4.90 Å². The first-order valence-corrected chi connectivity index (χ1v) is 8.13. The van der Waals surface area contributed by atoms with E-state index in [-0.39, 0.29) is 18.2 Å². The summed E-state index contributed by atoms with van der Waals surface area (Å²) in [4.78, 5) is 29.7. The van der Waals surface area contributed by atoms with E-state index < -0.39 is 5.92 Å². The molecule has 3 aromatic rings. The van der Waals surface area contributed by atoms with E-state index in [0.717, 1.165) is 20.9 Å². The van der Waals surface area contributed by atoms with Crippen molar-refractivity contribution in [1.29, 1.82) is 0 Å². The van der Waals surface area contributed by atoms with Crippen molar-refractivity contribution < 1.29 is 9.59 Å². The molecule has 0 aliphatic carbocycles. The summed E-state index contributed by atoms with van der Waals surface area (Å²) < 4.78 is 0.911. The van der Waals surface area contributed by atoms with Crippen molar-refractivity contribution in [3.8, 4) is 0 Å². The SMILES string of the molecule is O=C1C[C@@H](c2c[nH]c3ccccc23)C(=O)N1c1ccc(Br)cc1. The first-order chi connectivity index (χ1) is 11.1. The average molecular weight is 369 g/mol. The molecule has 4 rings (SSSR count). The van der Waals surface area contributed by atoms with Gasteiger partial charge in [0.1, 0.15) is 0 Å². The van der Waals surface area contributed by atoms with Crippen molar-refractivity contribution in [2.45, 2.75) is 12.3 Å². The number of hydrogen-bond acceptors (Lipinski definition) is 2. The van der Waals surface area contributed by atoms with Gasteiger partial charge >= 0.3 is 0 Å². The number of hydrogen-bond donors (Lipinski definition) is 1. The van der Waals surface area contributed by atoms with Crippen LogP contribution in [-0.4, -0.2) is 16.8 Å². The number of fused-ring (bicyclic) bond motifs is 1. The molecule has 4 nitrogen and oxygen atoms in total. The van der Waals surface area contributed by atoms with Crippen molar-refractivity contribution in [3.63, 3.8) is 0 Å². The molecule has 2 amide bonds. The molecule has 23 heavy (non-hydrogen) atoms. The number of H-pyrrole nitrogens is 1. The number of rotatable bonds is 2.